The van der Waals surface area contributed by atoms with Gasteiger partial charge >= 0.3 is 0 Å². The van der Waals surface area contributed by atoms with Crippen molar-refractivity contribution in [3.8, 4) is 5.69 Å². The zero-order valence-electron chi connectivity index (χ0n) is 26.2. The fraction of sp³-hybridized carbons (Fsp3) is 0. The number of aromatic nitrogens is 3. The first-order valence-electron chi connectivity index (χ1n) is 16.7. The van der Waals surface area contributed by atoms with E-state index in [0.717, 1.165) is 16.7 Å². The summed E-state index contributed by atoms with van der Waals surface area (Å²) in [5.74, 6) is 0. The molecule has 0 N–H and O–H groups in total. The van der Waals surface area contributed by atoms with Crippen LogP contribution in [0.1, 0.15) is 0 Å². The molecule has 0 amide bonds. The van der Waals surface area contributed by atoms with E-state index in [4.69, 9.17) is 4.98 Å². The minimum absolute atomic E-state index is 1.01. The average Bonchev–Trinajstić information content (AvgIpc) is 3.85. The van der Waals surface area contributed by atoms with E-state index in [1.807, 2.05) is 11.3 Å². The summed E-state index contributed by atoms with van der Waals surface area (Å²) < 4.78 is 7.50. The number of hydrogen-bond donors (Lipinski definition) is 0. The Bertz CT molecular complexity index is 3360. The molecule has 0 fully saturated rings. The number of imidazole rings is 1. The van der Waals surface area contributed by atoms with E-state index < -0.39 is 0 Å². The molecule has 3 nitrogen and oxygen atoms in total. The summed E-state index contributed by atoms with van der Waals surface area (Å²) in [5, 5.41) is 14.0. The van der Waals surface area contributed by atoms with Gasteiger partial charge in [0.2, 0.25) is 0 Å². The average molecular weight is 640 g/mol. The lowest BCUT2D eigenvalue weighted by Gasteiger charge is -2.14. The van der Waals surface area contributed by atoms with E-state index in [1.165, 1.54) is 90.9 Å². The highest BCUT2D eigenvalue weighted by Gasteiger charge is 2.22. The highest BCUT2D eigenvalue weighted by Crippen LogP contribution is 2.47. The van der Waals surface area contributed by atoms with E-state index in [0.29, 0.717) is 0 Å². The van der Waals surface area contributed by atoms with E-state index in [9.17, 15) is 0 Å². The van der Waals surface area contributed by atoms with E-state index in [-0.39, 0.29) is 0 Å². The number of pyridine rings is 1. The number of fused-ring (bicyclic) bond motifs is 20. The molecular formula is C45H25N3S. The third-order valence-corrected chi connectivity index (χ3v) is 11.9. The van der Waals surface area contributed by atoms with Crippen LogP contribution in [0.4, 0.5) is 0 Å². The summed E-state index contributed by atoms with van der Waals surface area (Å²) in [6.07, 6.45) is 0. The predicted molar refractivity (Wildman–Crippen MR) is 210 cm³/mol. The number of hydrogen-bond acceptors (Lipinski definition) is 2. The molecular weight excluding hydrogens is 615 g/mol. The molecule has 12 rings (SSSR count). The van der Waals surface area contributed by atoms with Crippen molar-refractivity contribution in [3.63, 3.8) is 0 Å². The van der Waals surface area contributed by atoms with Crippen LogP contribution in [0.3, 0.4) is 0 Å². The molecule has 8 aromatic carbocycles. The van der Waals surface area contributed by atoms with Crippen molar-refractivity contribution in [3.05, 3.63) is 152 Å². The molecule has 0 spiro atoms. The number of para-hydroxylation sites is 3. The van der Waals surface area contributed by atoms with E-state index in [2.05, 4.69) is 161 Å². The van der Waals surface area contributed by atoms with Crippen LogP contribution in [0.5, 0.6) is 0 Å². The van der Waals surface area contributed by atoms with Crippen molar-refractivity contribution in [2.75, 3.05) is 0 Å². The summed E-state index contributed by atoms with van der Waals surface area (Å²) in [5.41, 5.74) is 8.05. The summed E-state index contributed by atoms with van der Waals surface area (Å²) in [6.45, 7) is 0. The lowest BCUT2D eigenvalue weighted by molar-refractivity contribution is 1.19. The van der Waals surface area contributed by atoms with Crippen molar-refractivity contribution < 1.29 is 0 Å². The molecule has 0 saturated heterocycles. The highest BCUT2D eigenvalue weighted by molar-refractivity contribution is 7.27. The molecule has 4 heterocycles. The standard InChI is InChI=1S/C45H25N3S/c1-2-13-29-27(11-1)28-12-3-4-14-30(28)37-25-26(21-22-31(29)37)47-39-19-9-7-15-32(39)33-23-24-36-42-43(49-44(36)41(33)47)34-16-5-6-17-35(34)45-46-38-18-8-10-20-40(38)48(42)45/h1-25H. The van der Waals surface area contributed by atoms with Gasteiger partial charge in [-0.2, -0.15) is 0 Å². The van der Waals surface area contributed by atoms with Crippen LogP contribution in [0.2, 0.25) is 0 Å². The monoisotopic (exact) mass is 639 g/mol. The van der Waals surface area contributed by atoms with Crippen LogP contribution in [-0.2, 0) is 0 Å². The maximum atomic E-state index is 5.18. The lowest BCUT2D eigenvalue weighted by Crippen LogP contribution is -1.95. The molecule has 0 aliphatic heterocycles. The molecule has 4 aromatic heterocycles. The van der Waals surface area contributed by atoms with Crippen molar-refractivity contribution in [2.45, 2.75) is 0 Å². The first-order chi connectivity index (χ1) is 24.3. The Labute approximate surface area is 283 Å². The fourth-order valence-corrected chi connectivity index (χ4v) is 9.97. The van der Waals surface area contributed by atoms with Crippen LogP contribution in [0.25, 0.3) is 108 Å². The molecule has 4 heteroatoms. The maximum absolute atomic E-state index is 5.18. The second kappa shape index (κ2) is 9.22. The Balaban J connectivity index is 1.28. The lowest BCUT2D eigenvalue weighted by atomic mass is 9.94. The molecule has 0 atom stereocenters. The molecule has 49 heavy (non-hydrogen) atoms. The van der Waals surface area contributed by atoms with Gasteiger partial charge in [-0.15, -0.1) is 11.3 Å². The molecule has 0 unspecified atom stereocenters. The van der Waals surface area contributed by atoms with Gasteiger partial charge < -0.3 is 4.57 Å². The van der Waals surface area contributed by atoms with Gasteiger partial charge in [0.25, 0.3) is 0 Å². The van der Waals surface area contributed by atoms with Crippen LogP contribution < -0.4 is 0 Å². The summed E-state index contributed by atoms with van der Waals surface area (Å²) in [6, 6.07) is 55.6. The minimum atomic E-state index is 1.01. The Hall–Kier alpha value is -6.23. The van der Waals surface area contributed by atoms with E-state index >= 15 is 0 Å². The molecule has 0 aliphatic carbocycles. The van der Waals surface area contributed by atoms with Crippen molar-refractivity contribution in [1.29, 1.82) is 0 Å². The first kappa shape index (κ1) is 25.8. The smallest absolute Gasteiger partial charge is 0.146 e. The Morgan fingerprint density at radius 2 is 0.918 bits per heavy atom. The van der Waals surface area contributed by atoms with Gasteiger partial charge in [0.15, 0.2) is 0 Å². The SMILES string of the molecule is c1ccc2c(c1)nc1c3ccccc3c3sc4c(ccc5c6ccccc6n(-c6ccc7c8ccccc8c8ccccc8c7c6)c54)c3n21. The molecule has 0 aliphatic rings. The Morgan fingerprint density at radius 3 is 1.67 bits per heavy atom. The largest absolute Gasteiger partial charge is 0.308 e. The number of benzene rings is 8. The van der Waals surface area contributed by atoms with E-state index in [1.54, 1.807) is 0 Å². The quantitative estimate of drug-likeness (QED) is 0.164. The maximum Gasteiger partial charge on any atom is 0.146 e. The Morgan fingerprint density at radius 1 is 0.388 bits per heavy atom. The van der Waals surface area contributed by atoms with Crippen LogP contribution in [0.15, 0.2) is 152 Å². The van der Waals surface area contributed by atoms with Gasteiger partial charge in [0.1, 0.15) is 5.65 Å². The summed E-state index contributed by atoms with van der Waals surface area (Å²) in [7, 11) is 0. The predicted octanol–water partition coefficient (Wildman–Crippen LogP) is 12.6. The first-order valence-corrected chi connectivity index (χ1v) is 17.5. The molecule has 12 aromatic rings. The number of rotatable bonds is 1. The third-order valence-electron chi connectivity index (χ3n) is 10.6. The van der Waals surface area contributed by atoms with Crippen molar-refractivity contribution in [1.82, 2.24) is 14.0 Å². The fourth-order valence-electron chi connectivity index (χ4n) is 8.61. The third kappa shape index (κ3) is 3.24. The Kier molecular flexibility index (Phi) is 4.86. The van der Waals surface area contributed by atoms with Crippen LogP contribution >= 0.6 is 11.3 Å². The van der Waals surface area contributed by atoms with Gasteiger partial charge in [-0.25, -0.2) is 4.98 Å². The van der Waals surface area contributed by atoms with Gasteiger partial charge in [-0.3, -0.25) is 4.40 Å². The van der Waals surface area contributed by atoms with Gasteiger partial charge in [0, 0.05) is 32.6 Å². The zero-order chi connectivity index (χ0) is 31.8. The molecule has 0 radical (unpaired) electrons. The summed E-state index contributed by atoms with van der Waals surface area (Å²) >= 11 is 1.91. The van der Waals surface area contributed by atoms with Crippen molar-refractivity contribution >= 4 is 113 Å². The normalized spacial score (nSPS) is 12.5. The second-order valence-corrected chi connectivity index (χ2v) is 14.1. The second-order valence-electron chi connectivity index (χ2n) is 13.1. The topological polar surface area (TPSA) is 22.2 Å². The van der Waals surface area contributed by atoms with Crippen molar-refractivity contribution in [2.24, 2.45) is 0 Å². The van der Waals surface area contributed by atoms with Crippen LogP contribution in [0, 0.1) is 0 Å². The minimum Gasteiger partial charge on any atom is -0.308 e. The van der Waals surface area contributed by atoms with Gasteiger partial charge in [0.05, 0.1) is 37.0 Å². The van der Waals surface area contributed by atoms with Gasteiger partial charge in [-0.05, 0) is 62.6 Å². The zero-order valence-corrected chi connectivity index (χ0v) is 27.0. The molecule has 0 saturated carbocycles. The number of thiophene rings is 1. The molecule has 226 valence electrons. The van der Waals surface area contributed by atoms with Crippen LogP contribution in [-0.4, -0.2) is 14.0 Å². The summed E-state index contributed by atoms with van der Waals surface area (Å²) in [4.78, 5) is 5.18. The van der Waals surface area contributed by atoms with Gasteiger partial charge in [-0.1, -0.05) is 121 Å². The molecule has 0 bridgehead atoms. The number of nitrogens with zero attached hydrogens (tertiary/aromatic N) is 3. The highest BCUT2D eigenvalue weighted by atomic mass is 32.1.